The van der Waals surface area contributed by atoms with Gasteiger partial charge in [-0.3, -0.25) is 10.2 Å². The van der Waals surface area contributed by atoms with Crippen LogP contribution in [0.4, 0.5) is 0 Å². The fraction of sp³-hybridized carbons (Fsp3) is 0.562. The lowest BCUT2D eigenvalue weighted by Gasteiger charge is -2.17. The van der Waals surface area contributed by atoms with Crippen LogP contribution in [0.2, 0.25) is 0 Å². The van der Waals surface area contributed by atoms with Crippen molar-refractivity contribution >= 4 is 25.8 Å². The van der Waals surface area contributed by atoms with Crippen LogP contribution in [-0.2, 0) is 24.7 Å². The van der Waals surface area contributed by atoms with Gasteiger partial charge in [0.1, 0.15) is 0 Å². The van der Waals surface area contributed by atoms with Crippen molar-refractivity contribution < 1.29 is 21.6 Å². The minimum atomic E-state index is -3.92. The van der Waals surface area contributed by atoms with Gasteiger partial charge in [0.15, 0.2) is 9.84 Å². The van der Waals surface area contributed by atoms with Crippen molar-refractivity contribution in [1.82, 2.24) is 10.3 Å². The molecule has 1 atom stereocenters. The highest BCUT2D eigenvalue weighted by atomic mass is 32.2. The standard InChI is InChI=1S/C16H24N2O5S2/c1-10-7-11(2)13(4)16(12(10)3)25(22,23)18-17-15(19)8-14-5-6-24(20,21)9-14/h7,14,18H,5-6,8-9H2,1-4H3,(H,17,19)/t14-/m1/s1. The molecule has 0 aliphatic carbocycles. The number of rotatable bonds is 5. The van der Waals surface area contributed by atoms with E-state index in [1.807, 2.05) is 19.9 Å². The molecule has 0 radical (unpaired) electrons. The number of benzene rings is 1. The smallest absolute Gasteiger partial charge is 0.257 e. The fourth-order valence-corrected chi connectivity index (χ4v) is 6.45. The van der Waals surface area contributed by atoms with Crippen LogP contribution >= 0.6 is 0 Å². The molecule has 0 unspecified atom stereocenters. The normalized spacial score (nSPS) is 19.8. The monoisotopic (exact) mass is 388 g/mol. The molecule has 1 aromatic rings. The summed E-state index contributed by atoms with van der Waals surface area (Å²) in [6, 6.07) is 1.92. The SMILES string of the molecule is Cc1cc(C)c(C)c(S(=O)(=O)NNC(=O)C[C@H]2CCS(=O)(=O)C2)c1C. The largest absolute Gasteiger partial charge is 0.278 e. The maximum Gasteiger partial charge on any atom is 0.257 e. The number of amides is 1. The van der Waals surface area contributed by atoms with E-state index in [1.54, 1.807) is 13.8 Å². The van der Waals surface area contributed by atoms with Crippen molar-refractivity contribution in [3.63, 3.8) is 0 Å². The average Bonchev–Trinajstić information content (AvgIpc) is 2.82. The molecule has 7 nitrogen and oxygen atoms in total. The number of carbonyl (C=O) groups is 1. The van der Waals surface area contributed by atoms with Crippen LogP contribution in [0.5, 0.6) is 0 Å². The molecule has 1 aromatic carbocycles. The summed E-state index contributed by atoms with van der Waals surface area (Å²) in [5.74, 6) is -0.746. The van der Waals surface area contributed by atoms with Crippen LogP contribution in [0.1, 0.15) is 35.1 Å². The first-order valence-electron chi connectivity index (χ1n) is 8.01. The van der Waals surface area contributed by atoms with E-state index < -0.39 is 25.8 Å². The molecule has 1 fully saturated rings. The fourth-order valence-electron chi connectivity index (χ4n) is 3.11. The highest BCUT2D eigenvalue weighted by Crippen LogP contribution is 2.26. The summed E-state index contributed by atoms with van der Waals surface area (Å²) in [6.45, 7) is 7.11. The van der Waals surface area contributed by atoms with Crippen LogP contribution in [0.3, 0.4) is 0 Å². The third-order valence-corrected chi connectivity index (χ3v) is 8.05. The van der Waals surface area contributed by atoms with E-state index in [9.17, 15) is 21.6 Å². The number of sulfonamides is 1. The van der Waals surface area contributed by atoms with Gasteiger partial charge in [-0.2, -0.15) is 0 Å². The second-order valence-corrected chi connectivity index (χ2v) is 10.6. The van der Waals surface area contributed by atoms with Crippen molar-refractivity contribution in [3.8, 4) is 0 Å². The molecule has 1 aliphatic rings. The second kappa shape index (κ2) is 7.05. The summed E-state index contributed by atoms with van der Waals surface area (Å²) in [5.41, 5.74) is 5.17. The van der Waals surface area contributed by atoms with E-state index in [0.717, 1.165) is 11.1 Å². The third-order valence-electron chi connectivity index (χ3n) is 4.69. The first-order valence-corrected chi connectivity index (χ1v) is 11.3. The number of sulfone groups is 1. The Labute approximate surface area is 149 Å². The van der Waals surface area contributed by atoms with Crippen LogP contribution in [-0.4, -0.2) is 34.2 Å². The topological polar surface area (TPSA) is 109 Å². The van der Waals surface area contributed by atoms with Gasteiger partial charge in [0.25, 0.3) is 10.0 Å². The Morgan fingerprint density at radius 3 is 2.20 bits per heavy atom. The maximum absolute atomic E-state index is 12.6. The molecular weight excluding hydrogens is 364 g/mol. The van der Waals surface area contributed by atoms with Gasteiger partial charge in [-0.05, 0) is 62.3 Å². The van der Waals surface area contributed by atoms with Crippen molar-refractivity contribution in [2.45, 2.75) is 45.4 Å². The Kier molecular flexibility index (Phi) is 5.60. The van der Waals surface area contributed by atoms with Crippen molar-refractivity contribution in [2.24, 2.45) is 5.92 Å². The van der Waals surface area contributed by atoms with Gasteiger partial charge in [-0.1, -0.05) is 6.07 Å². The minimum absolute atomic E-state index is 0.0213. The minimum Gasteiger partial charge on any atom is -0.278 e. The number of hydrogen-bond acceptors (Lipinski definition) is 5. The molecule has 1 aliphatic heterocycles. The quantitative estimate of drug-likeness (QED) is 0.733. The molecule has 0 aromatic heterocycles. The van der Waals surface area contributed by atoms with E-state index in [4.69, 9.17) is 0 Å². The summed E-state index contributed by atoms with van der Waals surface area (Å²) in [6.07, 6.45) is 0.407. The van der Waals surface area contributed by atoms with Gasteiger partial charge in [0, 0.05) is 6.42 Å². The van der Waals surface area contributed by atoms with E-state index >= 15 is 0 Å². The third kappa shape index (κ3) is 4.59. The van der Waals surface area contributed by atoms with Gasteiger partial charge in [0.05, 0.1) is 16.4 Å². The molecule has 0 saturated carbocycles. The Bertz CT molecular complexity index is 879. The number of nitrogens with one attached hydrogen (secondary N) is 2. The van der Waals surface area contributed by atoms with Crippen LogP contribution in [0, 0.1) is 33.6 Å². The van der Waals surface area contributed by atoms with Gasteiger partial charge in [-0.15, -0.1) is 4.83 Å². The molecule has 2 rings (SSSR count). The molecule has 0 bridgehead atoms. The first kappa shape index (κ1) is 19.9. The van der Waals surface area contributed by atoms with Crippen molar-refractivity contribution in [2.75, 3.05) is 11.5 Å². The predicted molar refractivity (Wildman–Crippen MR) is 95.2 cm³/mol. The molecule has 0 spiro atoms. The molecule has 1 saturated heterocycles. The van der Waals surface area contributed by atoms with E-state index in [2.05, 4.69) is 10.3 Å². The number of hydrazine groups is 1. The number of hydrogen-bond donors (Lipinski definition) is 2. The second-order valence-electron chi connectivity index (χ2n) is 6.72. The Morgan fingerprint density at radius 1 is 1.16 bits per heavy atom. The lowest BCUT2D eigenvalue weighted by molar-refractivity contribution is -0.122. The zero-order valence-corrected chi connectivity index (χ0v) is 16.5. The lowest BCUT2D eigenvalue weighted by Crippen LogP contribution is -2.42. The van der Waals surface area contributed by atoms with Crippen LogP contribution < -0.4 is 10.3 Å². The van der Waals surface area contributed by atoms with E-state index in [1.165, 1.54) is 0 Å². The molecule has 2 N–H and O–H groups in total. The first-order chi connectivity index (χ1) is 11.4. The van der Waals surface area contributed by atoms with E-state index in [-0.39, 0.29) is 28.7 Å². The summed E-state index contributed by atoms with van der Waals surface area (Å²) in [7, 11) is -6.99. The average molecular weight is 389 g/mol. The van der Waals surface area contributed by atoms with Crippen LogP contribution in [0.15, 0.2) is 11.0 Å². The number of aryl methyl sites for hydroxylation is 2. The lowest BCUT2D eigenvalue weighted by atomic mass is 10.0. The summed E-state index contributed by atoms with van der Waals surface area (Å²) < 4.78 is 48.0. The maximum atomic E-state index is 12.6. The predicted octanol–water partition coefficient (Wildman–Crippen LogP) is 1.05. The van der Waals surface area contributed by atoms with Crippen LogP contribution in [0.25, 0.3) is 0 Å². The molecule has 25 heavy (non-hydrogen) atoms. The molecular formula is C16H24N2O5S2. The van der Waals surface area contributed by atoms with Gasteiger partial charge in [-0.25, -0.2) is 16.8 Å². The Balaban J connectivity index is 2.09. The molecule has 140 valence electrons. The molecule has 1 amide bonds. The number of carbonyl (C=O) groups excluding carboxylic acids is 1. The molecule has 1 heterocycles. The summed E-state index contributed by atoms with van der Waals surface area (Å²) >= 11 is 0. The van der Waals surface area contributed by atoms with Gasteiger partial charge >= 0.3 is 0 Å². The molecule has 9 heteroatoms. The zero-order valence-electron chi connectivity index (χ0n) is 14.8. The van der Waals surface area contributed by atoms with Gasteiger partial charge in [0.2, 0.25) is 5.91 Å². The Hall–Kier alpha value is -1.45. The highest BCUT2D eigenvalue weighted by molar-refractivity contribution is 7.91. The summed E-state index contributed by atoms with van der Waals surface area (Å²) in [5, 5.41) is 0. The highest BCUT2D eigenvalue weighted by Gasteiger charge is 2.30. The van der Waals surface area contributed by atoms with Crippen molar-refractivity contribution in [1.29, 1.82) is 0 Å². The zero-order chi connectivity index (χ0) is 19.0. The van der Waals surface area contributed by atoms with E-state index in [0.29, 0.717) is 17.5 Å². The Morgan fingerprint density at radius 2 is 1.72 bits per heavy atom. The van der Waals surface area contributed by atoms with Gasteiger partial charge < -0.3 is 0 Å². The van der Waals surface area contributed by atoms with Crippen molar-refractivity contribution in [3.05, 3.63) is 28.3 Å². The summed E-state index contributed by atoms with van der Waals surface area (Å²) in [4.78, 5) is 14.2.